The molecule has 0 aromatic heterocycles. The minimum atomic E-state index is -0.991. The molecule has 2 aromatic rings. The first-order chi connectivity index (χ1) is 10.6. The van der Waals surface area contributed by atoms with Crippen LogP contribution in [0.3, 0.4) is 0 Å². The molecule has 5 heteroatoms. The number of nitrogens with zero attached hydrogens (tertiary/aromatic N) is 1. The first kappa shape index (κ1) is 15.6. The zero-order chi connectivity index (χ0) is 15.9. The largest absolute Gasteiger partial charge is 0.508 e. The Kier molecular flexibility index (Phi) is 5.14. The third-order valence-electron chi connectivity index (χ3n) is 3.22. The SMILES string of the molecule is O=C(O)[C@H](Cc1ccccc1)N=CCc1ccc(O)cc1O. The summed E-state index contributed by atoms with van der Waals surface area (Å²) < 4.78 is 0. The summed E-state index contributed by atoms with van der Waals surface area (Å²) >= 11 is 0. The third-order valence-corrected chi connectivity index (χ3v) is 3.22. The van der Waals surface area contributed by atoms with Gasteiger partial charge in [-0.2, -0.15) is 0 Å². The van der Waals surface area contributed by atoms with E-state index < -0.39 is 12.0 Å². The van der Waals surface area contributed by atoms with Gasteiger partial charge in [0.15, 0.2) is 6.04 Å². The number of phenolic OH excluding ortho intramolecular Hbond substituents is 2. The van der Waals surface area contributed by atoms with E-state index in [4.69, 9.17) is 0 Å². The molecule has 0 heterocycles. The molecular weight excluding hydrogens is 282 g/mol. The zero-order valence-corrected chi connectivity index (χ0v) is 11.9. The van der Waals surface area contributed by atoms with Crippen molar-refractivity contribution in [3.8, 4) is 11.5 Å². The van der Waals surface area contributed by atoms with Crippen molar-refractivity contribution in [2.45, 2.75) is 18.9 Å². The Morgan fingerprint density at radius 3 is 2.50 bits per heavy atom. The van der Waals surface area contributed by atoms with E-state index in [-0.39, 0.29) is 11.5 Å². The lowest BCUT2D eigenvalue weighted by atomic mass is 10.1. The van der Waals surface area contributed by atoms with Crippen LogP contribution >= 0.6 is 0 Å². The van der Waals surface area contributed by atoms with Crippen LogP contribution in [0.2, 0.25) is 0 Å². The van der Waals surface area contributed by atoms with E-state index in [1.54, 1.807) is 6.07 Å². The monoisotopic (exact) mass is 299 g/mol. The summed E-state index contributed by atoms with van der Waals surface area (Å²) in [6.07, 6.45) is 2.09. The second-order valence-corrected chi connectivity index (χ2v) is 4.89. The molecule has 1 atom stereocenters. The van der Waals surface area contributed by atoms with Gasteiger partial charge < -0.3 is 15.3 Å². The van der Waals surface area contributed by atoms with Crippen molar-refractivity contribution in [3.63, 3.8) is 0 Å². The van der Waals surface area contributed by atoms with E-state index in [1.807, 2.05) is 30.3 Å². The van der Waals surface area contributed by atoms with Crippen molar-refractivity contribution in [3.05, 3.63) is 59.7 Å². The van der Waals surface area contributed by atoms with Gasteiger partial charge >= 0.3 is 5.97 Å². The predicted octanol–water partition coefficient (Wildman–Crippen LogP) is 2.41. The maximum absolute atomic E-state index is 11.3. The second-order valence-electron chi connectivity index (χ2n) is 4.89. The number of carboxylic acid groups (broad SMARTS) is 1. The Labute approximate surface area is 128 Å². The van der Waals surface area contributed by atoms with Gasteiger partial charge in [0, 0.05) is 25.1 Å². The molecule has 22 heavy (non-hydrogen) atoms. The highest BCUT2D eigenvalue weighted by Crippen LogP contribution is 2.22. The van der Waals surface area contributed by atoms with E-state index in [1.165, 1.54) is 18.3 Å². The molecule has 2 aromatic carbocycles. The summed E-state index contributed by atoms with van der Waals surface area (Å²) in [4.78, 5) is 15.3. The van der Waals surface area contributed by atoms with Gasteiger partial charge in [-0.05, 0) is 17.2 Å². The van der Waals surface area contributed by atoms with Gasteiger partial charge in [0.25, 0.3) is 0 Å². The van der Waals surface area contributed by atoms with Crippen LogP contribution in [0.4, 0.5) is 0 Å². The van der Waals surface area contributed by atoms with Crippen LogP contribution in [-0.2, 0) is 17.6 Å². The molecule has 0 aliphatic heterocycles. The molecule has 0 spiro atoms. The fourth-order valence-electron chi connectivity index (χ4n) is 2.04. The lowest BCUT2D eigenvalue weighted by Crippen LogP contribution is -2.21. The average molecular weight is 299 g/mol. The summed E-state index contributed by atoms with van der Waals surface area (Å²) in [5.74, 6) is -1.05. The number of carboxylic acids is 1. The van der Waals surface area contributed by atoms with Gasteiger partial charge in [0.2, 0.25) is 0 Å². The van der Waals surface area contributed by atoms with E-state index in [0.29, 0.717) is 18.4 Å². The maximum Gasteiger partial charge on any atom is 0.328 e. The fourth-order valence-corrected chi connectivity index (χ4v) is 2.04. The van der Waals surface area contributed by atoms with E-state index >= 15 is 0 Å². The first-order valence-corrected chi connectivity index (χ1v) is 6.85. The second kappa shape index (κ2) is 7.26. The maximum atomic E-state index is 11.3. The van der Waals surface area contributed by atoms with Crippen molar-refractivity contribution in [1.29, 1.82) is 0 Å². The average Bonchev–Trinajstić information content (AvgIpc) is 2.49. The zero-order valence-electron chi connectivity index (χ0n) is 11.9. The highest BCUT2D eigenvalue weighted by Gasteiger charge is 2.15. The van der Waals surface area contributed by atoms with Crippen molar-refractivity contribution in [2.75, 3.05) is 0 Å². The molecule has 3 N–H and O–H groups in total. The normalized spacial score (nSPS) is 12.4. The Morgan fingerprint density at radius 2 is 1.86 bits per heavy atom. The highest BCUT2D eigenvalue weighted by molar-refractivity contribution is 5.77. The summed E-state index contributed by atoms with van der Waals surface area (Å²) in [5, 5.41) is 28.1. The van der Waals surface area contributed by atoms with Crippen LogP contribution < -0.4 is 0 Å². The Hall–Kier alpha value is -2.82. The van der Waals surface area contributed by atoms with Crippen LogP contribution in [0.15, 0.2) is 53.5 Å². The molecule has 114 valence electrons. The molecule has 0 saturated carbocycles. The molecule has 0 radical (unpaired) electrons. The minimum absolute atomic E-state index is 0.0225. The number of hydrogen-bond acceptors (Lipinski definition) is 4. The molecule has 0 fully saturated rings. The topological polar surface area (TPSA) is 90.1 Å². The van der Waals surface area contributed by atoms with E-state index in [2.05, 4.69) is 4.99 Å². The molecule has 2 rings (SSSR count). The van der Waals surface area contributed by atoms with Crippen LogP contribution in [0.5, 0.6) is 11.5 Å². The minimum Gasteiger partial charge on any atom is -0.508 e. The molecule has 0 amide bonds. The molecule has 5 nitrogen and oxygen atoms in total. The Morgan fingerprint density at radius 1 is 1.14 bits per heavy atom. The van der Waals surface area contributed by atoms with E-state index in [0.717, 1.165) is 5.56 Å². The van der Waals surface area contributed by atoms with Crippen LogP contribution in [0, 0.1) is 0 Å². The quantitative estimate of drug-likeness (QED) is 0.714. The Bertz CT molecular complexity index is 668. The van der Waals surface area contributed by atoms with Crippen molar-refractivity contribution in [2.24, 2.45) is 4.99 Å². The molecular formula is C17H17NO4. The highest BCUT2D eigenvalue weighted by atomic mass is 16.4. The van der Waals surface area contributed by atoms with Gasteiger partial charge in [-0.25, -0.2) is 4.79 Å². The number of benzene rings is 2. The van der Waals surface area contributed by atoms with Gasteiger partial charge in [0.1, 0.15) is 11.5 Å². The van der Waals surface area contributed by atoms with Crippen molar-refractivity contribution < 1.29 is 20.1 Å². The fraction of sp³-hybridized carbons (Fsp3) is 0.176. The molecule has 0 saturated heterocycles. The van der Waals surface area contributed by atoms with Crippen LogP contribution in [-0.4, -0.2) is 33.5 Å². The number of aromatic hydroxyl groups is 2. The number of phenols is 2. The molecule has 0 unspecified atom stereocenters. The number of carbonyl (C=O) groups is 1. The van der Waals surface area contributed by atoms with Gasteiger partial charge in [-0.1, -0.05) is 36.4 Å². The lowest BCUT2D eigenvalue weighted by molar-refractivity contribution is -0.138. The summed E-state index contributed by atoms with van der Waals surface area (Å²) in [6, 6.07) is 12.7. The Balaban J connectivity index is 2.03. The van der Waals surface area contributed by atoms with Crippen molar-refractivity contribution in [1.82, 2.24) is 0 Å². The molecule has 0 aliphatic rings. The smallest absolute Gasteiger partial charge is 0.328 e. The van der Waals surface area contributed by atoms with Crippen LogP contribution in [0.25, 0.3) is 0 Å². The number of hydrogen-bond donors (Lipinski definition) is 3. The lowest BCUT2D eigenvalue weighted by Gasteiger charge is -2.07. The molecule has 0 aliphatic carbocycles. The van der Waals surface area contributed by atoms with Gasteiger partial charge in [0.05, 0.1) is 0 Å². The van der Waals surface area contributed by atoms with Gasteiger partial charge in [-0.15, -0.1) is 0 Å². The van der Waals surface area contributed by atoms with Gasteiger partial charge in [-0.3, -0.25) is 4.99 Å². The third kappa shape index (κ3) is 4.34. The summed E-state index contributed by atoms with van der Waals surface area (Å²) in [5.41, 5.74) is 1.48. The number of aliphatic imine (C=N–C) groups is 1. The number of rotatable bonds is 6. The first-order valence-electron chi connectivity index (χ1n) is 6.85. The molecule has 0 bridgehead atoms. The summed E-state index contributed by atoms with van der Waals surface area (Å²) in [6.45, 7) is 0. The van der Waals surface area contributed by atoms with Crippen molar-refractivity contribution >= 4 is 12.2 Å². The van der Waals surface area contributed by atoms with E-state index in [9.17, 15) is 20.1 Å². The standard InChI is InChI=1S/C17H17NO4/c19-14-7-6-13(16(20)11-14)8-9-18-15(17(21)22)10-12-4-2-1-3-5-12/h1-7,9,11,15,19-20H,8,10H2,(H,21,22)/t15-/m0/s1. The summed E-state index contributed by atoms with van der Waals surface area (Å²) in [7, 11) is 0. The number of aliphatic carboxylic acids is 1. The van der Waals surface area contributed by atoms with Crippen LogP contribution in [0.1, 0.15) is 11.1 Å². The predicted molar refractivity (Wildman–Crippen MR) is 83.5 cm³/mol.